The second-order valence-corrected chi connectivity index (χ2v) is 10.1. The molecule has 166 valence electrons. The Balaban J connectivity index is 1.35. The molecule has 0 saturated heterocycles. The van der Waals surface area contributed by atoms with E-state index in [9.17, 15) is 10.1 Å². The summed E-state index contributed by atoms with van der Waals surface area (Å²) < 4.78 is 1.96. The van der Waals surface area contributed by atoms with Crippen LogP contribution in [-0.4, -0.2) is 26.4 Å². The second kappa shape index (κ2) is 10.8. The first-order valence-electron chi connectivity index (χ1n) is 11.0. The summed E-state index contributed by atoms with van der Waals surface area (Å²) in [6, 6.07) is 12.6. The Bertz CT molecular complexity index is 1110. The number of rotatable bonds is 7. The molecule has 0 radical (unpaired) electrons. The van der Waals surface area contributed by atoms with Gasteiger partial charge in [-0.1, -0.05) is 54.9 Å². The zero-order chi connectivity index (χ0) is 22.3. The highest BCUT2D eigenvalue weighted by atomic mass is 32.2. The number of anilines is 1. The maximum absolute atomic E-state index is 12.6. The van der Waals surface area contributed by atoms with Crippen molar-refractivity contribution in [3.63, 3.8) is 0 Å². The summed E-state index contributed by atoms with van der Waals surface area (Å²) in [6.45, 7) is 0. The third kappa shape index (κ3) is 5.40. The van der Waals surface area contributed by atoms with Crippen molar-refractivity contribution in [2.45, 2.75) is 56.5 Å². The largest absolute Gasteiger partial charge is 0.316 e. The first kappa shape index (κ1) is 22.6. The third-order valence-electron chi connectivity index (χ3n) is 5.77. The molecule has 0 aliphatic heterocycles. The standard InChI is InChI=1S/C24H27N5OS2/c1-29-21(14-13-17-9-5-4-6-10-17)27-28-24(29)31-16-22(30)26-23-19(15-25)18-11-7-2-3-8-12-20(18)32-23/h4-6,9-10H,2-3,7-8,11-14,16H2,1H3,(H,26,30). The quantitative estimate of drug-likeness (QED) is 0.501. The van der Waals surface area contributed by atoms with E-state index in [0.717, 1.165) is 55.1 Å². The van der Waals surface area contributed by atoms with Gasteiger partial charge < -0.3 is 9.88 Å². The molecule has 0 spiro atoms. The lowest BCUT2D eigenvalue weighted by molar-refractivity contribution is -0.113. The van der Waals surface area contributed by atoms with Crippen molar-refractivity contribution >= 4 is 34.0 Å². The number of nitrogens with zero attached hydrogens (tertiary/aromatic N) is 4. The molecule has 6 nitrogen and oxygen atoms in total. The molecule has 1 aromatic carbocycles. The summed E-state index contributed by atoms with van der Waals surface area (Å²) in [4.78, 5) is 13.9. The molecule has 0 fully saturated rings. The van der Waals surface area contributed by atoms with Gasteiger partial charge in [-0.15, -0.1) is 21.5 Å². The Hall–Kier alpha value is -2.63. The minimum atomic E-state index is -0.116. The van der Waals surface area contributed by atoms with Crippen LogP contribution in [0.2, 0.25) is 0 Å². The van der Waals surface area contributed by atoms with Gasteiger partial charge in [-0.25, -0.2) is 0 Å². The van der Waals surface area contributed by atoms with Gasteiger partial charge in [0.2, 0.25) is 5.91 Å². The summed E-state index contributed by atoms with van der Waals surface area (Å²) in [7, 11) is 1.94. The highest BCUT2D eigenvalue weighted by Crippen LogP contribution is 2.36. The van der Waals surface area contributed by atoms with Gasteiger partial charge in [0.05, 0.1) is 11.3 Å². The minimum absolute atomic E-state index is 0.116. The number of nitrogens with one attached hydrogen (secondary N) is 1. The zero-order valence-corrected chi connectivity index (χ0v) is 19.9. The topological polar surface area (TPSA) is 83.6 Å². The van der Waals surface area contributed by atoms with Gasteiger partial charge in [-0.2, -0.15) is 5.26 Å². The first-order chi connectivity index (χ1) is 15.7. The van der Waals surface area contributed by atoms with E-state index in [2.05, 4.69) is 33.7 Å². The summed E-state index contributed by atoms with van der Waals surface area (Å²) in [5, 5.41) is 22.7. The van der Waals surface area contributed by atoms with E-state index in [-0.39, 0.29) is 11.7 Å². The number of fused-ring (bicyclic) bond motifs is 1. The van der Waals surface area contributed by atoms with Gasteiger partial charge in [0.15, 0.2) is 5.16 Å². The molecule has 0 unspecified atom stereocenters. The fourth-order valence-electron chi connectivity index (χ4n) is 4.01. The summed E-state index contributed by atoms with van der Waals surface area (Å²) in [5.74, 6) is 1.02. The van der Waals surface area contributed by atoms with Crippen LogP contribution in [0.3, 0.4) is 0 Å². The number of aryl methyl sites for hydroxylation is 3. The number of nitriles is 1. The van der Waals surface area contributed by atoms with E-state index in [4.69, 9.17) is 0 Å². The van der Waals surface area contributed by atoms with Crippen molar-refractivity contribution in [2.24, 2.45) is 7.05 Å². The zero-order valence-electron chi connectivity index (χ0n) is 18.3. The molecule has 32 heavy (non-hydrogen) atoms. The molecular weight excluding hydrogens is 438 g/mol. The van der Waals surface area contributed by atoms with Gasteiger partial charge in [-0.3, -0.25) is 4.79 Å². The smallest absolute Gasteiger partial charge is 0.235 e. The van der Waals surface area contributed by atoms with E-state index in [1.165, 1.54) is 35.0 Å². The molecule has 8 heteroatoms. The predicted octanol–water partition coefficient (Wildman–Crippen LogP) is 4.92. The average Bonchev–Trinajstić information content (AvgIpc) is 3.30. The van der Waals surface area contributed by atoms with E-state index in [1.807, 2.05) is 29.8 Å². The predicted molar refractivity (Wildman–Crippen MR) is 129 cm³/mol. The minimum Gasteiger partial charge on any atom is -0.316 e. The van der Waals surface area contributed by atoms with Crippen LogP contribution in [0, 0.1) is 11.3 Å². The number of aromatic nitrogens is 3. The number of hydrogen-bond donors (Lipinski definition) is 1. The van der Waals surface area contributed by atoms with Gasteiger partial charge in [0.1, 0.15) is 16.9 Å². The maximum Gasteiger partial charge on any atom is 0.235 e. The number of amides is 1. The normalized spacial score (nSPS) is 13.6. The number of thioether (sulfide) groups is 1. The molecule has 0 bridgehead atoms. The molecule has 0 saturated carbocycles. The van der Waals surface area contributed by atoms with Crippen molar-refractivity contribution < 1.29 is 4.79 Å². The Morgan fingerprint density at radius 3 is 2.72 bits per heavy atom. The average molecular weight is 466 g/mol. The van der Waals surface area contributed by atoms with Crippen LogP contribution < -0.4 is 5.32 Å². The number of hydrogen-bond acceptors (Lipinski definition) is 6. The molecule has 0 atom stereocenters. The van der Waals surface area contributed by atoms with Crippen LogP contribution >= 0.6 is 23.1 Å². The van der Waals surface area contributed by atoms with Crippen LogP contribution in [0.4, 0.5) is 5.00 Å². The van der Waals surface area contributed by atoms with Gasteiger partial charge >= 0.3 is 0 Å². The fourth-order valence-corrected chi connectivity index (χ4v) is 5.99. The molecule has 4 rings (SSSR count). The highest BCUT2D eigenvalue weighted by molar-refractivity contribution is 7.99. The van der Waals surface area contributed by atoms with Gasteiger partial charge in [0, 0.05) is 18.3 Å². The molecular formula is C24H27N5OS2. The van der Waals surface area contributed by atoms with Crippen molar-refractivity contribution in [3.8, 4) is 6.07 Å². The summed E-state index contributed by atoms with van der Waals surface area (Å²) >= 11 is 2.94. The maximum atomic E-state index is 12.6. The van der Waals surface area contributed by atoms with Crippen LogP contribution in [0.5, 0.6) is 0 Å². The SMILES string of the molecule is Cn1c(CCc2ccccc2)nnc1SCC(=O)Nc1sc2c(c1C#N)CCCCCC2. The van der Waals surface area contributed by atoms with Crippen molar-refractivity contribution in [3.05, 3.63) is 57.7 Å². The van der Waals surface area contributed by atoms with Crippen molar-refractivity contribution in [1.29, 1.82) is 5.26 Å². The number of thiophene rings is 1. The molecule has 2 aromatic heterocycles. The third-order valence-corrected chi connectivity index (χ3v) is 8.00. The van der Waals surface area contributed by atoms with E-state index < -0.39 is 0 Å². The van der Waals surface area contributed by atoms with Gasteiger partial charge in [-0.05, 0) is 43.2 Å². The molecule has 1 N–H and O–H groups in total. The van der Waals surface area contributed by atoms with E-state index in [1.54, 1.807) is 11.3 Å². The molecule has 1 aliphatic rings. The van der Waals surface area contributed by atoms with Crippen LogP contribution in [0.15, 0.2) is 35.5 Å². The molecule has 3 aromatic rings. The van der Waals surface area contributed by atoms with Gasteiger partial charge in [0.25, 0.3) is 0 Å². The van der Waals surface area contributed by atoms with Crippen LogP contribution in [-0.2, 0) is 37.5 Å². The lowest BCUT2D eigenvalue weighted by Gasteiger charge is -2.08. The fraction of sp³-hybridized carbons (Fsp3) is 0.417. The lowest BCUT2D eigenvalue weighted by Crippen LogP contribution is -2.14. The Morgan fingerprint density at radius 2 is 1.94 bits per heavy atom. The molecule has 1 amide bonds. The second-order valence-electron chi connectivity index (χ2n) is 8.01. The Kier molecular flexibility index (Phi) is 7.61. The van der Waals surface area contributed by atoms with E-state index in [0.29, 0.717) is 10.6 Å². The van der Waals surface area contributed by atoms with E-state index >= 15 is 0 Å². The van der Waals surface area contributed by atoms with Crippen LogP contribution in [0.25, 0.3) is 0 Å². The molecule has 1 aliphatic carbocycles. The lowest BCUT2D eigenvalue weighted by atomic mass is 9.97. The van der Waals surface area contributed by atoms with Crippen molar-refractivity contribution in [2.75, 3.05) is 11.1 Å². The Labute approximate surface area is 197 Å². The number of benzene rings is 1. The number of carbonyl (C=O) groups is 1. The van der Waals surface area contributed by atoms with Crippen molar-refractivity contribution in [1.82, 2.24) is 14.8 Å². The summed E-state index contributed by atoms with van der Waals surface area (Å²) in [6.07, 6.45) is 8.35. The summed E-state index contributed by atoms with van der Waals surface area (Å²) in [5.41, 5.74) is 3.08. The first-order valence-corrected chi connectivity index (χ1v) is 12.9. The Morgan fingerprint density at radius 1 is 1.16 bits per heavy atom. The van der Waals surface area contributed by atoms with Crippen LogP contribution in [0.1, 0.15) is 53.1 Å². The number of carbonyl (C=O) groups excluding carboxylic acids is 1. The monoisotopic (exact) mass is 465 g/mol. The molecule has 2 heterocycles. The highest BCUT2D eigenvalue weighted by Gasteiger charge is 2.21.